The lowest BCUT2D eigenvalue weighted by Gasteiger charge is -2.20. The lowest BCUT2D eigenvalue weighted by Crippen LogP contribution is -2.27. The molecule has 160 valence electrons. The number of carbonyl (C=O) groups excluding carboxylic acids is 1. The average molecular weight is 427 g/mol. The molecule has 1 aliphatic carbocycles. The number of nitrogens with zero attached hydrogens (tertiary/aromatic N) is 1. The van der Waals surface area contributed by atoms with Gasteiger partial charge in [0, 0.05) is 13.6 Å². The molecule has 30 heavy (non-hydrogen) atoms. The highest BCUT2D eigenvalue weighted by Gasteiger charge is 2.21. The number of amides is 1. The molecule has 3 rings (SSSR count). The molecule has 0 aromatic heterocycles. The molecular formula is C24H30N2O3S. The zero-order chi connectivity index (χ0) is 21.6. The third-order valence-electron chi connectivity index (χ3n) is 5.50. The number of benzene rings is 2. The van der Waals surface area contributed by atoms with Crippen molar-refractivity contribution in [2.24, 2.45) is 0 Å². The third kappa shape index (κ3) is 5.72. The van der Waals surface area contributed by atoms with Gasteiger partial charge in [-0.25, -0.2) is 8.42 Å². The van der Waals surface area contributed by atoms with Crippen LogP contribution in [0.2, 0.25) is 0 Å². The predicted octanol–water partition coefficient (Wildman–Crippen LogP) is 4.37. The minimum absolute atomic E-state index is 0.0141. The summed E-state index contributed by atoms with van der Waals surface area (Å²) < 4.78 is 26.9. The van der Waals surface area contributed by atoms with E-state index in [0.717, 1.165) is 30.4 Å². The number of anilines is 1. The van der Waals surface area contributed by atoms with E-state index in [0.29, 0.717) is 12.2 Å². The van der Waals surface area contributed by atoms with E-state index in [1.807, 2.05) is 6.92 Å². The Labute approximate surface area is 179 Å². The van der Waals surface area contributed by atoms with Crippen molar-refractivity contribution >= 4 is 21.6 Å². The molecule has 5 nitrogen and oxygen atoms in total. The van der Waals surface area contributed by atoms with Crippen molar-refractivity contribution in [1.29, 1.82) is 0 Å². The molecule has 0 unspecified atom stereocenters. The smallest absolute Gasteiger partial charge is 0.264 e. The minimum atomic E-state index is -3.62. The second-order valence-electron chi connectivity index (χ2n) is 7.84. The maximum absolute atomic E-state index is 12.8. The molecular weight excluding hydrogens is 396 g/mol. The summed E-state index contributed by atoms with van der Waals surface area (Å²) in [5.41, 5.74) is 3.87. The first-order chi connectivity index (χ1) is 14.4. The van der Waals surface area contributed by atoms with Crippen molar-refractivity contribution in [3.05, 3.63) is 71.3 Å². The summed E-state index contributed by atoms with van der Waals surface area (Å²) in [6, 6.07) is 13.9. The standard InChI is InChI=1S/C24H30N2O3S/c1-19-8-14-23(15-9-19)30(28,29)26(2)22-12-10-21(11-13-22)18-24(27)25-17-16-20-6-4-3-5-7-20/h6,8-15H,3-5,7,16-18H2,1-2H3,(H,25,27). The van der Waals surface area contributed by atoms with Crippen LogP contribution in [0.4, 0.5) is 5.69 Å². The molecule has 0 saturated heterocycles. The molecule has 0 aliphatic heterocycles. The van der Waals surface area contributed by atoms with E-state index in [1.165, 1.54) is 29.8 Å². The van der Waals surface area contributed by atoms with Crippen LogP contribution in [-0.2, 0) is 21.2 Å². The van der Waals surface area contributed by atoms with Gasteiger partial charge in [-0.15, -0.1) is 0 Å². The van der Waals surface area contributed by atoms with Crippen LogP contribution in [0.1, 0.15) is 43.2 Å². The van der Waals surface area contributed by atoms with Gasteiger partial charge in [0.2, 0.25) is 5.91 Å². The number of hydrogen-bond acceptors (Lipinski definition) is 3. The Morgan fingerprint density at radius 1 is 1.03 bits per heavy atom. The third-order valence-corrected chi connectivity index (χ3v) is 7.30. The quantitative estimate of drug-likeness (QED) is 0.638. The predicted molar refractivity (Wildman–Crippen MR) is 121 cm³/mol. The van der Waals surface area contributed by atoms with Gasteiger partial charge in [0.05, 0.1) is 17.0 Å². The Bertz CT molecular complexity index is 994. The van der Waals surface area contributed by atoms with E-state index in [-0.39, 0.29) is 17.2 Å². The van der Waals surface area contributed by atoms with Gasteiger partial charge in [0.25, 0.3) is 10.0 Å². The molecule has 2 aromatic carbocycles. The van der Waals surface area contributed by atoms with Gasteiger partial charge in [0.15, 0.2) is 0 Å². The first-order valence-corrected chi connectivity index (χ1v) is 11.9. The van der Waals surface area contributed by atoms with Crippen molar-refractivity contribution in [3.63, 3.8) is 0 Å². The van der Waals surface area contributed by atoms with Crippen LogP contribution in [0.15, 0.2) is 65.1 Å². The van der Waals surface area contributed by atoms with Gasteiger partial charge in [-0.05, 0) is 68.9 Å². The van der Waals surface area contributed by atoms with Gasteiger partial charge in [0.1, 0.15) is 0 Å². The number of hydrogen-bond donors (Lipinski definition) is 1. The first kappa shape index (κ1) is 22.1. The summed E-state index contributed by atoms with van der Waals surface area (Å²) in [5, 5.41) is 2.98. The molecule has 1 N–H and O–H groups in total. The fourth-order valence-corrected chi connectivity index (χ4v) is 4.77. The normalized spacial score (nSPS) is 14.1. The Morgan fingerprint density at radius 2 is 1.73 bits per heavy atom. The Hall–Kier alpha value is -2.60. The van der Waals surface area contributed by atoms with E-state index in [4.69, 9.17) is 0 Å². The van der Waals surface area contributed by atoms with Gasteiger partial charge < -0.3 is 5.32 Å². The Kier molecular flexibility index (Phi) is 7.32. The van der Waals surface area contributed by atoms with Crippen molar-refractivity contribution in [2.75, 3.05) is 17.9 Å². The van der Waals surface area contributed by atoms with Crippen molar-refractivity contribution in [2.45, 2.75) is 50.3 Å². The number of carbonyl (C=O) groups is 1. The monoisotopic (exact) mass is 426 g/mol. The van der Waals surface area contributed by atoms with Gasteiger partial charge in [-0.1, -0.05) is 41.5 Å². The Morgan fingerprint density at radius 3 is 2.37 bits per heavy atom. The van der Waals surface area contributed by atoms with Crippen molar-refractivity contribution < 1.29 is 13.2 Å². The number of sulfonamides is 1. The van der Waals surface area contributed by atoms with E-state index in [2.05, 4.69) is 11.4 Å². The molecule has 1 amide bonds. The largest absolute Gasteiger partial charge is 0.355 e. The topological polar surface area (TPSA) is 66.5 Å². The second kappa shape index (κ2) is 9.94. The highest BCUT2D eigenvalue weighted by Crippen LogP contribution is 2.23. The second-order valence-corrected chi connectivity index (χ2v) is 9.81. The van der Waals surface area contributed by atoms with Crippen LogP contribution in [0.5, 0.6) is 0 Å². The first-order valence-electron chi connectivity index (χ1n) is 10.5. The summed E-state index contributed by atoms with van der Waals surface area (Å²) in [6.45, 7) is 2.59. The van der Waals surface area contributed by atoms with Gasteiger partial charge >= 0.3 is 0 Å². The highest BCUT2D eigenvalue weighted by molar-refractivity contribution is 7.92. The van der Waals surface area contributed by atoms with Crippen LogP contribution in [0.25, 0.3) is 0 Å². The van der Waals surface area contributed by atoms with Crippen LogP contribution in [-0.4, -0.2) is 27.9 Å². The summed E-state index contributed by atoms with van der Waals surface area (Å²) in [5.74, 6) is -0.0141. The summed E-state index contributed by atoms with van der Waals surface area (Å²) in [6.07, 6.45) is 8.34. The maximum Gasteiger partial charge on any atom is 0.264 e. The summed E-state index contributed by atoms with van der Waals surface area (Å²) in [4.78, 5) is 12.5. The lowest BCUT2D eigenvalue weighted by atomic mass is 9.97. The van der Waals surface area contributed by atoms with Crippen molar-refractivity contribution in [3.8, 4) is 0 Å². The molecule has 0 atom stereocenters. The van der Waals surface area contributed by atoms with E-state index in [1.54, 1.807) is 48.5 Å². The van der Waals surface area contributed by atoms with Crippen LogP contribution in [0, 0.1) is 6.92 Å². The highest BCUT2D eigenvalue weighted by atomic mass is 32.2. The van der Waals surface area contributed by atoms with E-state index >= 15 is 0 Å². The minimum Gasteiger partial charge on any atom is -0.355 e. The van der Waals surface area contributed by atoms with Crippen molar-refractivity contribution in [1.82, 2.24) is 5.32 Å². The molecule has 0 spiro atoms. The number of allylic oxidation sites excluding steroid dienone is 1. The zero-order valence-electron chi connectivity index (χ0n) is 17.7. The maximum atomic E-state index is 12.8. The van der Waals surface area contributed by atoms with Gasteiger partial charge in [-0.2, -0.15) is 0 Å². The van der Waals surface area contributed by atoms with Crippen LogP contribution < -0.4 is 9.62 Å². The van der Waals surface area contributed by atoms with Gasteiger partial charge in [-0.3, -0.25) is 9.10 Å². The number of rotatable bonds is 8. The summed E-state index contributed by atoms with van der Waals surface area (Å²) in [7, 11) is -2.08. The Balaban J connectivity index is 1.55. The average Bonchev–Trinajstić information content (AvgIpc) is 2.75. The molecule has 0 bridgehead atoms. The molecule has 0 saturated carbocycles. The zero-order valence-corrected chi connectivity index (χ0v) is 18.5. The molecule has 6 heteroatoms. The summed E-state index contributed by atoms with van der Waals surface area (Å²) >= 11 is 0. The van der Waals surface area contributed by atoms with Crippen LogP contribution in [0.3, 0.4) is 0 Å². The lowest BCUT2D eigenvalue weighted by molar-refractivity contribution is -0.120. The van der Waals surface area contributed by atoms with Crippen LogP contribution >= 0.6 is 0 Å². The fraction of sp³-hybridized carbons (Fsp3) is 0.375. The SMILES string of the molecule is Cc1ccc(S(=O)(=O)N(C)c2ccc(CC(=O)NCCC3=CCCCC3)cc2)cc1. The fourth-order valence-electron chi connectivity index (χ4n) is 3.57. The molecule has 0 heterocycles. The molecule has 1 aliphatic rings. The molecule has 0 radical (unpaired) electrons. The molecule has 0 fully saturated rings. The number of nitrogens with one attached hydrogen (secondary N) is 1. The number of aryl methyl sites for hydroxylation is 1. The molecule has 2 aromatic rings. The van der Waals surface area contributed by atoms with E-state index in [9.17, 15) is 13.2 Å². The van der Waals surface area contributed by atoms with E-state index < -0.39 is 10.0 Å².